The second-order valence-corrected chi connectivity index (χ2v) is 4.18. The van der Waals surface area contributed by atoms with Gasteiger partial charge in [-0.3, -0.25) is 19.6 Å². The zero-order valence-electron chi connectivity index (χ0n) is 9.62. The van der Waals surface area contributed by atoms with Gasteiger partial charge in [-0.2, -0.15) is 5.10 Å². The highest BCUT2D eigenvalue weighted by Crippen LogP contribution is 2.38. The van der Waals surface area contributed by atoms with Crippen LogP contribution in [0.15, 0.2) is 6.20 Å². The van der Waals surface area contributed by atoms with Crippen molar-refractivity contribution in [1.82, 2.24) is 9.78 Å². The minimum atomic E-state index is -0.449. The van der Waals surface area contributed by atoms with E-state index in [9.17, 15) is 14.9 Å². The highest BCUT2D eigenvalue weighted by molar-refractivity contribution is 5.73. The average molecular weight is 239 g/mol. The maximum absolute atomic E-state index is 11.2. The number of aromatic nitrogens is 2. The number of hydrogen-bond acceptors (Lipinski definition) is 5. The average Bonchev–Trinajstić information content (AvgIpc) is 2.57. The minimum absolute atomic E-state index is 0.0199. The molecular formula is C10H13N3O4. The molecule has 1 heterocycles. The van der Waals surface area contributed by atoms with E-state index < -0.39 is 4.92 Å². The van der Waals surface area contributed by atoms with Crippen molar-refractivity contribution in [3.8, 4) is 0 Å². The van der Waals surface area contributed by atoms with Gasteiger partial charge in [0, 0.05) is 0 Å². The zero-order valence-corrected chi connectivity index (χ0v) is 9.62. The van der Waals surface area contributed by atoms with Crippen molar-refractivity contribution < 1.29 is 14.5 Å². The number of rotatable bonds is 3. The molecule has 0 atom stereocenters. The van der Waals surface area contributed by atoms with Gasteiger partial charge in [-0.25, -0.2) is 0 Å². The Balaban J connectivity index is 2.04. The first-order valence-electron chi connectivity index (χ1n) is 5.31. The van der Waals surface area contributed by atoms with Crippen LogP contribution in [0.25, 0.3) is 0 Å². The van der Waals surface area contributed by atoms with Crippen LogP contribution >= 0.6 is 0 Å². The van der Waals surface area contributed by atoms with Crippen molar-refractivity contribution in [3.63, 3.8) is 0 Å². The van der Waals surface area contributed by atoms with Gasteiger partial charge in [0.1, 0.15) is 11.9 Å². The van der Waals surface area contributed by atoms with Crippen LogP contribution in [0.5, 0.6) is 0 Å². The Kier molecular flexibility index (Phi) is 2.83. The summed E-state index contributed by atoms with van der Waals surface area (Å²) in [7, 11) is 1.36. The molecule has 1 saturated carbocycles. The van der Waals surface area contributed by atoms with E-state index in [1.54, 1.807) is 11.6 Å². The zero-order chi connectivity index (χ0) is 12.6. The predicted molar refractivity (Wildman–Crippen MR) is 57.4 cm³/mol. The summed E-state index contributed by atoms with van der Waals surface area (Å²) in [4.78, 5) is 21.4. The molecular weight excluding hydrogens is 226 g/mol. The first-order valence-corrected chi connectivity index (χ1v) is 5.31. The summed E-state index contributed by atoms with van der Waals surface area (Å²) in [6, 6.07) is 0.0616. The summed E-state index contributed by atoms with van der Waals surface area (Å²) in [6.45, 7) is 1.60. The van der Waals surface area contributed by atoms with Gasteiger partial charge in [0.25, 0.3) is 0 Å². The molecule has 1 aromatic heterocycles. The molecule has 7 nitrogen and oxygen atoms in total. The van der Waals surface area contributed by atoms with E-state index in [4.69, 9.17) is 0 Å². The summed E-state index contributed by atoms with van der Waals surface area (Å²) < 4.78 is 6.20. The predicted octanol–water partition coefficient (Wildman–Crippen LogP) is 1.22. The molecule has 17 heavy (non-hydrogen) atoms. The SMILES string of the molecule is COC(=O)[C@H]1C[C@H](n2cc([N+](=O)[O-])c(C)n2)C1. The Morgan fingerprint density at radius 2 is 2.29 bits per heavy atom. The van der Waals surface area contributed by atoms with Gasteiger partial charge in [-0.05, 0) is 19.8 Å². The van der Waals surface area contributed by atoms with Crippen molar-refractivity contribution in [2.45, 2.75) is 25.8 Å². The highest BCUT2D eigenvalue weighted by atomic mass is 16.6. The van der Waals surface area contributed by atoms with E-state index in [-0.39, 0.29) is 23.6 Å². The van der Waals surface area contributed by atoms with Gasteiger partial charge in [0.2, 0.25) is 0 Å². The number of ether oxygens (including phenoxy) is 1. The number of carbonyl (C=O) groups excluding carboxylic acids is 1. The molecule has 0 aliphatic heterocycles. The van der Waals surface area contributed by atoms with Crippen LogP contribution in [0.3, 0.4) is 0 Å². The Morgan fingerprint density at radius 3 is 2.76 bits per heavy atom. The third-order valence-electron chi connectivity index (χ3n) is 3.11. The summed E-state index contributed by atoms with van der Waals surface area (Å²) in [5, 5.41) is 14.8. The number of carbonyl (C=O) groups is 1. The monoisotopic (exact) mass is 239 g/mol. The Hall–Kier alpha value is -1.92. The number of hydrogen-bond donors (Lipinski definition) is 0. The quantitative estimate of drug-likeness (QED) is 0.449. The molecule has 0 saturated heterocycles. The van der Waals surface area contributed by atoms with Gasteiger partial charge < -0.3 is 4.74 Å². The Labute approximate surface area is 97.5 Å². The van der Waals surface area contributed by atoms with E-state index in [1.165, 1.54) is 13.3 Å². The van der Waals surface area contributed by atoms with Crippen LogP contribution < -0.4 is 0 Å². The molecule has 7 heteroatoms. The largest absolute Gasteiger partial charge is 0.469 e. The Morgan fingerprint density at radius 1 is 1.65 bits per heavy atom. The third-order valence-corrected chi connectivity index (χ3v) is 3.11. The lowest BCUT2D eigenvalue weighted by Gasteiger charge is -2.32. The smallest absolute Gasteiger partial charge is 0.309 e. The fourth-order valence-corrected chi connectivity index (χ4v) is 2.00. The third kappa shape index (κ3) is 2.00. The van der Waals surface area contributed by atoms with Crippen molar-refractivity contribution in [2.75, 3.05) is 7.11 Å². The fourth-order valence-electron chi connectivity index (χ4n) is 2.00. The van der Waals surface area contributed by atoms with Crippen molar-refractivity contribution in [1.29, 1.82) is 0 Å². The van der Waals surface area contributed by atoms with Crippen LogP contribution in [-0.4, -0.2) is 27.8 Å². The van der Waals surface area contributed by atoms with Crippen LogP contribution in [0, 0.1) is 23.0 Å². The topological polar surface area (TPSA) is 87.3 Å². The van der Waals surface area contributed by atoms with Gasteiger partial charge in [-0.1, -0.05) is 0 Å². The summed E-state index contributed by atoms with van der Waals surface area (Å²) >= 11 is 0. The number of esters is 1. The second kappa shape index (κ2) is 4.15. The number of methoxy groups -OCH3 is 1. The standard InChI is InChI=1S/C10H13N3O4/c1-6-9(13(15)16)5-12(11-6)8-3-7(4-8)10(14)17-2/h5,7-8H,3-4H2,1-2H3/t7-,8-. The van der Waals surface area contributed by atoms with Crippen LogP contribution in [0.2, 0.25) is 0 Å². The van der Waals surface area contributed by atoms with Crippen molar-refractivity contribution in [3.05, 3.63) is 22.0 Å². The first-order chi connectivity index (χ1) is 8.02. The highest BCUT2D eigenvalue weighted by Gasteiger charge is 2.37. The molecule has 0 amide bonds. The van der Waals surface area contributed by atoms with Gasteiger partial charge in [0.15, 0.2) is 0 Å². The number of nitrogens with zero attached hydrogens (tertiary/aromatic N) is 3. The van der Waals surface area contributed by atoms with E-state index in [1.807, 2.05) is 0 Å². The number of aryl methyl sites for hydroxylation is 1. The maximum atomic E-state index is 11.2. The molecule has 0 bridgehead atoms. The van der Waals surface area contributed by atoms with Gasteiger partial charge >= 0.3 is 11.7 Å². The molecule has 0 aromatic carbocycles. The second-order valence-electron chi connectivity index (χ2n) is 4.18. The molecule has 1 aromatic rings. The molecule has 92 valence electrons. The van der Waals surface area contributed by atoms with Gasteiger partial charge in [0.05, 0.1) is 24.0 Å². The fraction of sp³-hybridized carbons (Fsp3) is 0.600. The Bertz CT molecular complexity index is 462. The van der Waals surface area contributed by atoms with E-state index in [2.05, 4.69) is 9.84 Å². The maximum Gasteiger partial charge on any atom is 0.309 e. The van der Waals surface area contributed by atoms with Gasteiger partial charge in [-0.15, -0.1) is 0 Å². The summed E-state index contributed by atoms with van der Waals surface area (Å²) in [5.41, 5.74) is 0.419. The van der Waals surface area contributed by atoms with Crippen molar-refractivity contribution in [2.24, 2.45) is 5.92 Å². The first kappa shape index (κ1) is 11.6. The minimum Gasteiger partial charge on any atom is -0.469 e. The molecule has 2 rings (SSSR count). The van der Waals surface area contributed by atoms with E-state index in [0.717, 1.165) is 0 Å². The van der Waals surface area contributed by atoms with E-state index in [0.29, 0.717) is 18.5 Å². The lowest BCUT2D eigenvalue weighted by molar-refractivity contribution is -0.385. The lowest BCUT2D eigenvalue weighted by Crippen LogP contribution is -2.33. The molecule has 1 fully saturated rings. The molecule has 0 spiro atoms. The number of nitro groups is 1. The van der Waals surface area contributed by atoms with Crippen LogP contribution in [0.1, 0.15) is 24.6 Å². The molecule has 1 aliphatic rings. The normalized spacial score (nSPS) is 22.9. The van der Waals surface area contributed by atoms with Crippen molar-refractivity contribution >= 4 is 11.7 Å². The van der Waals surface area contributed by atoms with Crippen LogP contribution in [-0.2, 0) is 9.53 Å². The lowest BCUT2D eigenvalue weighted by atomic mass is 9.80. The molecule has 0 N–H and O–H groups in total. The summed E-state index contributed by atoms with van der Waals surface area (Å²) in [5.74, 6) is -0.326. The summed E-state index contributed by atoms with van der Waals surface area (Å²) in [6.07, 6.45) is 2.68. The molecule has 1 aliphatic carbocycles. The molecule has 0 radical (unpaired) electrons. The van der Waals surface area contributed by atoms with Crippen LogP contribution in [0.4, 0.5) is 5.69 Å². The van der Waals surface area contributed by atoms with E-state index >= 15 is 0 Å². The molecule has 0 unspecified atom stereocenters.